The molecule has 1 aliphatic heterocycles. The molecule has 0 N–H and O–H groups in total. The van der Waals surface area contributed by atoms with Crippen LogP contribution >= 0.6 is 15.9 Å². The Morgan fingerprint density at radius 1 is 1.50 bits per heavy atom. The number of fused-ring (bicyclic) bond motifs is 3. The minimum atomic E-state index is 0.811. The highest BCUT2D eigenvalue weighted by atomic mass is 79.9. The molecule has 1 aliphatic rings. The summed E-state index contributed by atoms with van der Waals surface area (Å²) in [5.74, 6) is 0.811. The van der Waals surface area contributed by atoms with Gasteiger partial charge >= 0.3 is 0 Å². The van der Waals surface area contributed by atoms with Gasteiger partial charge in [0.15, 0.2) is 0 Å². The van der Waals surface area contributed by atoms with Crippen molar-refractivity contribution in [3.05, 3.63) is 28.3 Å². The molecule has 4 nitrogen and oxygen atoms in total. The summed E-state index contributed by atoms with van der Waals surface area (Å²) in [4.78, 5) is 11.3. The second-order valence-corrected chi connectivity index (χ2v) is 4.98. The molecule has 0 atom stereocenters. The third-order valence-electron chi connectivity index (χ3n) is 3.12. The first-order valence-electron chi connectivity index (χ1n) is 5.51. The summed E-state index contributed by atoms with van der Waals surface area (Å²) in [6.45, 7) is 5.37. The molecule has 2 aromatic rings. The summed E-state index contributed by atoms with van der Waals surface area (Å²) in [6.07, 6.45) is 4.88. The molecular formula is C11H13BrN4. The summed E-state index contributed by atoms with van der Waals surface area (Å²) >= 11 is 3.45. The van der Waals surface area contributed by atoms with Crippen LogP contribution in [0.15, 0.2) is 16.9 Å². The average Bonchev–Trinajstić information content (AvgIpc) is 2.66. The normalized spacial score (nSPS) is 16.6. The Morgan fingerprint density at radius 2 is 2.38 bits per heavy atom. The van der Waals surface area contributed by atoms with Crippen molar-refractivity contribution in [3.8, 4) is 0 Å². The number of likely N-dealkylation sites (N-methyl/N-ethyl adjacent to an activating group) is 1. The molecule has 2 aromatic heterocycles. The van der Waals surface area contributed by atoms with Crippen molar-refractivity contribution in [2.45, 2.75) is 19.9 Å². The minimum absolute atomic E-state index is 0.811. The number of nitrogens with zero attached hydrogens (tertiary/aromatic N) is 4. The van der Waals surface area contributed by atoms with E-state index in [9.17, 15) is 0 Å². The van der Waals surface area contributed by atoms with Crippen LogP contribution < -0.4 is 0 Å². The molecular weight excluding hydrogens is 268 g/mol. The van der Waals surface area contributed by atoms with Gasteiger partial charge < -0.3 is 0 Å². The van der Waals surface area contributed by atoms with E-state index in [1.807, 2.05) is 6.20 Å². The fourth-order valence-electron chi connectivity index (χ4n) is 2.19. The van der Waals surface area contributed by atoms with Crippen molar-refractivity contribution in [2.75, 3.05) is 13.1 Å². The SMILES string of the molecule is CCN1CCc2nc3ncc(Br)cn3c2C1. The van der Waals surface area contributed by atoms with E-state index in [0.29, 0.717) is 0 Å². The van der Waals surface area contributed by atoms with E-state index >= 15 is 0 Å². The summed E-state index contributed by atoms with van der Waals surface area (Å²) in [5, 5.41) is 0. The molecule has 0 saturated carbocycles. The third kappa shape index (κ3) is 1.55. The highest BCUT2D eigenvalue weighted by Gasteiger charge is 2.20. The van der Waals surface area contributed by atoms with Gasteiger partial charge in [-0.15, -0.1) is 0 Å². The lowest BCUT2D eigenvalue weighted by Gasteiger charge is -2.24. The molecule has 0 amide bonds. The zero-order chi connectivity index (χ0) is 11.1. The Balaban J connectivity index is 2.15. The minimum Gasteiger partial charge on any atom is -0.297 e. The van der Waals surface area contributed by atoms with Crippen LogP contribution in [0.25, 0.3) is 5.78 Å². The molecule has 0 aromatic carbocycles. The molecule has 0 bridgehead atoms. The van der Waals surface area contributed by atoms with Crippen molar-refractivity contribution in [1.82, 2.24) is 19.3 Å². The third-order valence-corrected chi connectivity index (χ3v) is 3.53. The van der Waals surface area contributed by atoms with E-state index in [4.69, 9.17) is 0 Å². The zero-order valence-electron chi connectivity index (χ0n) is 9.15. The number of imidazole rings is 1. The van der Waals surface area contributed by atoms with E-state index in [0.717, 1.165) is 36.3 Å². The van der Waals surface area contributed by atoms with Gasteiger partial charge in [-0.25, -0.2) is 9.97 Å². The van der Waals surface area contributed by atoms with Gasteiger partial charge in [-0.05, 0) is 22.5 Å². The van der Waals surface area contributed by atoms with Gasteiger partial charge in [-0.3, -0.25) is 9.30 Å². The van der Waals surface area contributed by atoms with Gasteiger partial charge in [0.05, 0.1) is 15.9 Å². The monoisotopic (exact) mass is 280 g/mol. The quantitative estimate of drug-likeness (QED) is 0.800. The molecule has 0 spiro atoms. The predicted octanol–water partition coefficient (Wildman–Crippen LogP) is 1.87. The second kappa shape index (κ2) is 3.82. The van der Waals surface area contributed by atoms with Crippen LogP contribution in [-0.4, -0.2) is 32.4 Å². The number of hydrogen-bond donors (Lipinski definition) is 0. The summed E-state index contributed by atoms with van der Waals surface area (Å²) in [7, 11) is 0. The Morgan fingerprint density at radius 3 is 3.19 bits per heavy atom. The maximum Gasteiger partial charge on any atom is 0.234 e. The number of rotatable bonds is 1. The van der Waals surface area contributed by atoms with Crippen molar-refractivity contribution < 1.29 is 0 Å². The number of aromatic nitrogens is 3. The average molecular weight is 281 g/mol. The molecule has 0 fully saturated rings. The predicted molar refractivity (Wildman–Crippen MR) is 65.3 cm³/mol. The van der Waals surface area contributed by atoms with Gasteiger partial charge in [-0.1, -0.05) is 6.92 Å². The second-order valence-electron chi connectivity index (χ2n) is 4.07. The van der Waals surface area contributed by atoms with E-state index in [-0.39, 0.29) is 0 Å². The van der Waals surface area contributed by atoms with Gasteiger partial charge in [-0.2, -0.15) is 0 Å². The van der Waals surface area contributed by atoms with Gasteiger partial charge in [0.25, 0.3) is 0 Å². The Labute approximate surface area is 102 Å². The van der Waals surface area contributed by atoms with E-state index < -0.39 is 0 Å². The molecule has 0 radical (unpaired) electrons. The molecule has 5 heteroatoms. The van der Waals surface area contributed by atoms with Gasteiger partial charge in [0, 0.05) is 31.9 Å². The lowest BCUT2D eigenvalue weighted by molar-refractivity contribution is 0.262. The van der Waals surface area contributed by atoms with Crippen molar-refractivity contribution in [2.24, 2.45) is 0 Å². The van der Waals surface area contributed by atoms with Crippen LogP contribution in [0.4, 0.5) is 0 Å². The highest BCUT2D eigenvalue weighted by Crippen LogP contribution is 2.20. The summed E-state index contributed by atoms with van der Waals surface area (Å²) in [5.41, 5.74) is 2.49. The number of halogens is 1. The van der Waals surface area contributed by atoms with E-state index in [1.165, 1.54) is 11.4 Å². The maximum absolute atomic E-state index is 4.57. The fraction of sp³-hybridized carbons (Fsp3) is 0.455. The van der Waals surface area contributed by atoms with Crippen molar-refractivity contribution in [3.63, 3.8) is 0 Å². The lowest BCUT2D eigenvalue weighted by Crippen LogP contribution is -2.30. The summed E-state index contributed by atoms with van der Waals surface area (Å²) in [6, 6.07) is 0. The summed E-state index contributed by atoms with van der Waals surface area (Å²) < 4.78 is 3.09. The van der Waals surface area contributed by atoms with Crippen LogP contribution in [-0.2, 0) is 13.0 Å². The Kier molecular flexibility index (Phi) is 2.44. The molecule has 0 unspecified atom stereocenters. The molecule has 84 valence electrons. The van der Waals surface area contributed by atoms with Crippen LogP contribution in [0.2, 0.25) is 0 Å². The standard InChI is InChI=1S/C11H13BrN4/c1-2-15-4-3-9-10(7-15)16-6-8(12)5-13-11(16)14-9/h5-6H,2-4,7H2,1H3. The molecule has 16 heavy (non-hydrogen) atoms. The van der Waals surface area contributed by atoms with Crippen LogP contribution in [0.3, 0.4) is 0 Å². The van der Waals surface area contributed by atoms with Crippen molar-refractivity contribution >= 4 is 21.7 Å². The molecule has 3 heterocycles. The van der Waals surface area contributed by atoms with Gasteiger partial charge in [0.2, 0.25) is 5.78 Å². The zero-order valence-corrected chi connectivity index (χ0v) is 10.7. The smallest absolute Gasteiger partial charge is 0.234 e. The fourth-order valence-corrected chi connectivity index (χ4v) is 2.50. The first kappa shape index (κ1) is 10.2. The molecule has 0 saturated heterocycles. The molecule has 0 aliphatic carbocycles. The Hall–Kier alpha value is -0.940. The lowest BCUT2D eigenvalue weighted by atomic mass is 10.1. The number of hydrogen-bond acceptors (Lipinski definition) is 3. The van der Waals surface area contributed by atoms with Crippen molar-refractivity contribution in [1.29, 1.82) is 0 Å². The van der Waals surface area contributed by atoms with Crippen LogP contribution in [0.5, 0.6) is 0 Å². The van der Waals surface area contributed by atoms with Crippen LogP contribution in [0.1, 0.15) is 18.3 Å². The van der Waals surface area contributed by atoms with E-state index in [1.54, 1.807) is 6.20 Å². The topological polar surface area (TPSA) is 33.4 Å². The first-order chi connectivity index (χ1) is 7.78. The Bertz CT molecular complexity index is 534. The van der Waals surface area contributed by atoms with Crippen LogP contribution in [0, 0.1) is 0 Å². The van der Waals surface area contributed by atoms with E-state index in [2.05, 4.69) is 42.1 Å². The highest BCUT2D eigenvalue weighted by molar-refractivity contribution is 9.10. The molecule has 3 rings (SSSR count). The maximum atomic E-state index is 4.57. The largest absolute Gasteiger partial charge is 0.297 e. The van der Waals surface area contributed by atoms with Gasteiger partial charge in [0.1, 0.15) is 0 Å². The first-order valence-corrected chi connectivity index (χ1v) is 6.31.